The maximum atomic E-state index is 12.5. The molecule has 0 saturated heterocycles. The number of halogens is 1. The van der Waals surface area contributed by atoms with Crippen molar-refractivity contribution in [1.82, 2.24) is 9.88 Å². The van der Waals surface area contributed by atoms with Crippen LogP contribution in [0.5, 0.6) is 0 Å². The second-order valence-corrected chi connectivity index (χ2v) is 8.66. The number of aryl methyl sites for hydroxylation is 1. The Morgan fingerprint density at radius 3 is 2.52 bits per heavy atom. The Morgan fingerprint density at radius 1 is 0.966 bits per heavy atom. The van der Waals surface area contributed by atoms with Gasteiger partial charge in [-0.2, -0.15) is 0 Å². The van der Waals surface area contributed by atoms with Crippen molar-refractivity contribution in [2.24, 2.45) is 0 Å². The van der Waals surface area contributed by atoms with Gasteiger partial charge in [0.2, 0.25) is 0 Å². The van der Waals surface area contributed by atoms with E-state index in [2.05, 4.69) is 46.3 Å². The van der Waals surface area contributed by atoms with E-state index < -0.39 is 0 Å². The number of benzene rings is 2. The van der Waals surface area contributed by atoms with Crippen molar-refractivity contribution >= 4 is 28.1 Å². The first-order valence-corrected chi connectivity index (χ1v) is 10.9. The smallest absolute Gasteiger partial charge is 0.251 e. The largest absolute Gasteiger partial charge is 0.322 e. The maximum Gasteiger partial charge on any atom is 0.251 e. The molecule has 0 bridgehead atoms. The van der Waals surface area contributed by atoms with Crippen LogP contribution < -0.4 is 5.56 Å². The third-order valence-electron chi connectivity index (χ3n) is 6.31. The summed E-state index contributed by atoms with van der Waals surface area (Å²) in [4.78, 5) is 18.1. The van der Waals surface area contributed by atoms with E-state index in [-0.39, 0.29) is 5.56 Å². The van der Waals surface area contributed by atoms with E-state index in [1.165, 1.54) is 34.1 Å². The molecule has 0 radical (unpaired) electrons. The second kappa shape index (κ2) is 7.81. The minimum Gasteiger partial charge on any atom is -0.322 e. The van der Waals surface area contributed by atoms with E-state index in [4.69, 9.17) is 11.6 Å². The summed E-state index contributed by atoms with van der Waals surface area (Å²) in [6, 6.07) is 14.7. The Bertz CT molecular complexity index is 1140. The van der Waals surface area contributed by atoms with E-state index in [9.17, 15) is 4.79 Å². The number of aromatic nitrogens is 1. The number of fused-ring (bicyclic) bond motifs is 3. The molecule has 1 N–H and O–H groups in total. The Labute approximate surface area is 176 Å². The molecule has 148 valence electrons. The molecule has 0 fully saturated rings. The highest BCUT2D eigenvalue weighted by Gasteiger charge is 2.17. The fourth-order valence-corrected chi connectivity index (χ4v) is 4.87. The zero-order valence-corrected chi connectivity index (χ0v) is 17.3. The number of nitrogens with zero attached hydrogens (tertiary/aromatic N) is 1. The summed E-state index contributed by atoms with van der Waals surface area (Å²) in [6.45, 7) is 2.88. The molecule has 29 heavy (non-hydrogen) atoms. The van der Waals surface area contributed by atoms with Gasteiger partial charge in [0.15, 0.2) is 0 Å². The summed E-state index contributed by atoms with van der Waals surface area (Å²) in [7, 11) is 0. The van der Waals surface area contributed by atoms with Gasteiger partial charge in [0.25, 0.3) is 5.56 Å². The van der Waals surface area contributed by atoms with Crippen molar-refractivity contribution < 1.29 is 0 Å². The standard InChI is InChI=1S/C25H25ClN2O/c26-20-8-6-18(7-9-20)19-11-13-28(14-12-19)16-17-5-10-22-21-3-1-2-4-23(21)25(29)27-24(22)15-17/h5-11,15H,1-4,12-14,16H2,(H,27,29). The normalized spacial score (nSPS) is 17.2. The zero-order valence-electron chi connectivity index (χ0n) is 16.5. The number of pyridine rings is 1. The number of aromatic amines is 1. The highest BCUT2D eigenvalue weighted by Crippen LogP contribution is 2.28. The second-order valence-electron chi connectivity index (χ2n) is 8.22. The van der Waals surface area contributed by atoms with Crippen LogP contribution in [-0.2, 0) is 19.4 Å². The molecule has 0 spiro atoms. The van der Waals surface area contributed by atoms with Crippen LogP contribution in [0.25, 0.3) is 16.5 Å². The van der Waals surface area contributed by atoms with Crippen LogP contribution in [0.2, 0.25) is 5.02 Å². The van der Waals surface area contributed by atoms with Crippen molar-refractivity contribution in [1.29, 1.82) is 0 Å². The van der Waals surface area contributed by atoms with E-state index in [1.807, 2.05) is 12.1 Å². The molecule has 2 aromatic carbocycles. The minimum atomic E-state index is 0.109. The summed E-state index contributed by atoms with van der Waals surface area (Å²) < 4.78 is 0. The van der Waals surface area contributed by atoms with Crippen LogP contribution in [-0.4, -0.2) is 23.0 Å². The monoisotopic (exact) mass is 404 g/mol. The van der Waals surface area contributed by atoms with Gasteiger partial charge in [-0.05, 0) is 72.6 Å². The van der Waals surface area contributed by atoms with E-state index in [0.29, 0.717) is 0 Å². The first-order chi connectivity index (χ1) is 14.2. The van der Waals surface area contributed by atoms with Gasteiger partial charge in [-0.3, -0.25) is 9.69 Å². The average molecular weight is 405 g/mol. The van der Waals surface area contributed by atoms with Gasteiger partial charge in [-0.15, -0.1) is 0 Å². The zero-order chi connectivity index (χ0) is 19.8. The molecule has 0 amide bonds. The van der Waals surface area contributed by atoms with Gasteiger partial charge in [0.1, 0.15) is 0 Å². The molecule has 1 aromatic heterocycles. The first-order valence-electron chi connectivity index (χ1n) is 10.5. The summed E-state index contributed by atoms with van der Waals surface area (Å²) in [5, 5.41) is 2.01. The lowest BCUT2D eigenvalue weighted by Gasteiger charge is -2.27. The molecule has 1 aliphatic heterocycles. The van der Waals surface area contributed by atoms with Crippen LogP contribution in [0.15, 0.2) is 53.3 Å². The van der Waals surface area contributed by atoms with Crippen LogP contribution in [0, 0.1) is 0 Å². The van der Waals surface area contributed by atoms with Gasteiger partial charge < -0.3 is 4.98 Å². The van der Waals surface area contributed by atoms with Crippen molar-refractivity contribution in [2.75, 3.05) is 13.1 Å². The van der Waals surface area contributed by atoms with Crippen molar-refractivity contribution in [2.45, 2.75) is 38.6 Å². The lowest BCUT2D eigenvalue weighted by Crippen LogP contribution is -2.28. The van der Waals surface area contributed by atoms with Crippen LogP contribution in [0.4, 0.5) is 0 Å². The fourth-order valence-electron chi connectivity index (χ4n) is 4.75. The number of rotatable bonds is 3. The molecule has 3 aromatic rings. The number of hydrogen-bond donors (Lipinski definition) is 1. The summed E-state index contributed by atoms with van der Waals surface area (Å²) in [5.41, 5.74) is 7.30. The molecule has 5 rings (SSSR count). The quantitative estimate of drug-likeness (QED) is 0.638. The molecule has 4 heteroatoms. The SMILES string of the molecule is O=c1[nH]c2cc(CN3CC=C(c4ccc(Cl)cc4)CC3)ccc2c2c1CCCC2. The van der Waals surface area contributed by atoms with Crippen molar-refractivity contribution in [3.63, 3.8) is 0 Å². The maximum absolute atomic E-state index is 12.5. The fraction of sp³-hybridized carbons (Fsp3) is 0.320. The van der Waals surface area contributed by atoms with E-state index in [0.717, 1.165) is 61.4 Å². The third-order valence-corrected chi connectivity index (χ3v) is 6.57. The molecule has 3 nitrogen and oxygen atoms in total. The average Bonchev–Trinajstić information content (AvgIpc) is 2.75. The van der Waals surface area contributed by atoms with E-state index in [1.54, 1.807) is 0 Å². The van der Waals surface area contributed by atoms with E-state index >= 15 is 0 Å². The van der Waals surface area contributed by atoms with Gasteiger partial charge >= 0.3 is 0 Å². The number of H-pyrrole nitrogens is 1. The van der Waals surface area contributed by atoms with Crippen LogP contribution in [0.1, 0.15) is 41.5 Å². The Hall–Kier alpha value is -2.36. The highest BCUT2D eigenvalue weighted by atomic mass is 35.5. The minimum absolute atomic E-state index is 0.109. The lowest BCUT2D eigenvalue weighted by atomic mass is 9.89. The summed E-state index contributed by atoms with van der Waals surface area (Å²) >= 11 is 6.00. The predicted molar refractivity (Wildman–Crippen MR) is 121 cm³/mol. The predicted octanol–water partition coefficient (Wildman–Crippen LogP) is 5.35. The molecular weight excluding hydrogens is 380 g/mol. The van der Waals surface area contributed by atoms with Gasteiger partial charge in [0.05, 0.1) is 0 Å². The topological polar surface area (TPSA) is 36.1 Å². The molecule has 1 aliphatic carbocycles. The van der Waals surface area contributed by atoms with Gasteiger partial charge in [-0.1, -0.05) is 41.9 Å². The lowest BCUT2D eigenvalue weighted by molar-refractivity contribution is 0.294. The Balaban J connectivity index is 1.35. The molecule has 0 unspecified atom stereocenters. The van der Waals surface area contributed by atoms with Crippen molar-refractivity contribution in [3.05, 3.63) is 86.2 Å². The molecule has 2 heterocycles. The molecular formula is C25H25ClN2O. The molecule has 0 saturated carbocycles. The molecule has 0 atom stereocenters. The third kappa shape index (κ3) is 3.77. The van der Waals surface area contributed by atoms with Crippen LogP contribution in [0.3, 0.4) is 0 Å². The van der Waals surface area contributed by atoms with Crippen molar-refractivity contribution in [3.8, 4) is 0 Å². The Kier molecular flexibility index (Phi) is 5.03. The van der Waals surface area contributed by atoms with Crippen LogP contribution >= 0.6 is 11.6 Å². The van der Waals surface area contributed by atoms with Gasteiger partial charge in [0, 0.05) is 41.1 Å². The summed E-state index contributed by atoms with van der Waals surface area (Å²) in [6.07, 6.45) is 7.62. The number of nitrogens with one attached hydrogen (secondary N) is 1. The van der Waals surface area contributed by atoms with Gasteiger partial charge in [-0.25, -0.2) is 0 Å². The molecule has 2 aliphatic rings. The Morgan fingerprint density at radius 2 is 1.76 bits per heavy atom. The summed E-state index contributed by atoms with van der Waals surface area (Å²) in [5.74, 6) is 0. The highest BCUT2D eigenvalue weighted by molar-refractivity contribution is 6.30. The first kappa shape index (κ1) is 18.7. The number of hydrogen-bond acceptors (Lipinski definition) is 2.